The molecule has 110 valence electrons. The van der Waals surface area contributed by atoms with Gasteiger partial charge >= 0.3 is 5.97 Å². The standard InChI is InChI=1S/C12H12N4O4S/c1-2-15-11(13-14-12(15)21-7-10(17)18)8-3-5-9(6-4-8)16(19)20/h3-6H,2,7H2,1H3,(H,17,18). The lowest BCUT2D eigenvalue weighted by atomic mass is 10.2. The molecule has 0 spiro atoms. The van der Waals surface area contributed by atoms with Crippen molar-refractivity contribution in [2.75, 3.05) is 5.75 Å². The number of carboxylic acids is 1. The second-order valence-electron chi connectivity index (χ2n) is 4.04. The van der Waals surface area contributed by atoms with Gasteiger partial charge in [-0.15, -0.1) is 10.2 Å². The van der Waals surface area contributed by atoms with E-state index in [1.54, 1.807) is 16.7 Å². The van der Waals surface area contributed by atoms with Gasteiger partial charge in [-0.05, 0) is 19.1 Å². The molecule has 0 saturated carbocycles. The Balaban J connectivity index is 2.31. The lowest BCUT2D eigenvalue weighted by molar-refractivity contribution is -0.384. The zero-order valence-corrected chi connectivity index (χ0v) is 11.9. The molecule has 2 aromatic rings. The molecule has 0 unspecified atom stereocenters. The van der Waals surface area contributed by atoms with Gasteiger partial charge in [-0.2, -0.15) is 0 Å². The molecule has 1 aromatic carbocycles. The second kappa shape index (κ2) is 6.35. The molecule has 1 aromatic heterocycles. The van der Waals surface area contributed by atoms with Gasteiger partial charge in [0.25, 0.3) is 5.69 Å². The Kier molecular flexibility index (Phi) is 4.53. The highest BCUT2D eigenvalue weighted by Gasteiger charge is 2.15. The maximum Gasteiger partial charge on any atom is 0.313 e. The average molecular weight is 308 g/mol. The number of nitrogens with zero attached hydrogens (tertiary/aromatic N) is 4. The number of hydrogen-bond donors (Lipinski definition) is 1. The summed E-state index contributed by atoms with van der Waals surface area (Å²) in [6.07, 6.45) is 0. The van der Waals surface area contributed by atoms with E-state index >= 15 is 0 Å². The molecule has 0 amide bonds. The summed E-state index contributed by atoms with van der Waals surface area (Å²) in [7, 11) is 0. The molecular formula is C12H12N4O4S. The summed E-state index contributed by atoms with van der Waals surface area (Å²) in [5, 5.41) is 27.9. The van der Waals surface area contributed by atoms with Crippen molar-refractivity contribution >= 4 is 23.4 Å². The zero-order chi connectivity index (χ0) is 15.4. The largest absolute Gasteiger partial charge is 0.481 e. The molecule has 0 bridgehead atoms. The van der Waals surface area contributed by atoms with Crippen molar-refractivity contribution in [1.82, 2.24) is 14.8 Å². The number of non-ortho nitro benzene ring substituents is 1. The predicted molar refractivity (Wildman–Crippen MR) is 76.1 cm³/mol. The van der Waals surface area contributed by atoms with Crippen molar-refractivity contribution in [2.24, 2.45) is 0 Å². The molecule has 8 nitrogen and oxygen atoms in total. The number of rotatable bonds is 6. The smallest absolute Gasteiger partial charge is 0.313 e. The van der Waals surface area contributed by atoms with E-state index in [1.165, 1.54) is 12.1 Å². The number of hydrogen-bond acceptors (Lipinski definition) is 6. The lowest BCUT2D eigenvalue weighted by Gasteiger charge is -2.06. The normalized spacial score (nSPS) is 10.5. The zero-order valence-electron chi connectivity index (χ0n) is 11.1. The highest BCUT2D eigenvalue weighted by atomic mass is 32.2. The van der Waals surface area contributed by atoms with Crippen molar-refractivity contribution in [3.63, 3.8) is 0 Å². The third kappa shape index (κ3) is 3.37. The Labute approximate surface area is 124 Å². The third-order valence-corrected chi connectivity index (χ3v) is 3.65. The predicted octanol–water partition coefficient (Wildman–Crippen LogP) is 2.05. The van der Waals surface area contributed by atoms with Crippen molar-refractivity contribution in [3.05, 3.63) is 34.4 Å². The van der Waals surface area contributed by atoms with E-state index in [0.29, 0.717) is 23.1 Å². The molecule has 1 heterocycles. The number of thioether (sulfide) groups is 1. The van der Waals surface area contributed by atoms with Gasteiger partial charge in [0, 0.05) is 24.2 Å². The van der Waals surface area contributed by atoms with E-state index in [-0.39, 0.29) is 11.4 Å². The molecule has 21 heavy (non-hydrogen) atoms. The molecule has 0 aliphatic carbocycles. The number of carboxylic acid groups (broad SMARTS) is 1. The van der Waals surface area contributed by atoms with E-state index < -0.39 is 10.9 Å². The van der Waals surface area contributed by atoms with Crippen molar-refractivity contribution in [1.29, 1.82) is 0 Å². The van der Waals surface area contributed by atoms with Crippen LogP contribution in [-0.4, -0.2) is 36.5 Å². The second-order valence-corrected chi connectivity index (χ2v) is 4.98. The summed E-state index contributed by atoms with van der Waals surface area (Å²) >= 11 is 1.08. The Morgan fingerprint density at radius 2 is 2.05 bits per heavy atom. The van der Waals surface area contributed by atoms with Crippen LogP contribution in [0.3, 0.4) is 0 Å². The van der Waals surface area contributed by atoms with Gasteiger partial charge in [0.05, 0.1) is 10.7 Å². The van der Waals surface area contributed by atoms with Crippen LogP contribution in [-0.2, 0) is 11.3 Å². The van der Waals surface area contributed by atoms with Gasteiger partial charge in [-0.25, -0.2) is 0 Å². The minimum Gasteiger partial charge on any atom is -0.481 e. The van der Waals surface area contributed by atoms with E-state index in [1.807, 2.05) is 6.92 Å². The third-order valence-electron chi connectivity index (χ3n) is 2.69. The van der Waals surface area contributed by atoms with E-state index in [4.69, 9.17) is 5.11 Å². The number of nitro benzene ring substituents is 1. The Hall–Kier alpha value is -2.42. The summed E-state index contributed by atoms with van der Waals surface area (Å²) < 4.78 is 1.77. The first kappa shape index (κ1) is 15.0. The fraction of sp³-hybridized carbons (Fsp3) is 0.250. The monoisotopic (exact) mass is 308 g/mol. The van der Waals surface area contributed by atoms with E-state index in [2.05, 4.69) is 10.2 Å². The molecule has 9 heteroatoms. The molecule has 1 N–H and O–H groups in total. The van der Waals surface area contributed by atoms with E-state index in [0.717, 1.165) is 11.8 Å². The van der Waals surface area contributed by atoms with Gasteiger partial charge in [0.2, 0.25) is 0 Å². The lowest BCUT2D eigenvalue weighted by Crippen LogP contribution is -2.03. The highest BCUT2D eigenvalue weighted by Crippen LogP contribution is 2.25. The first-order chi connectivity index (χ1) is 10.0. The number of nitro groups is 1. The van der Waals surface area contributed by atoms with Crippen LogP contribution in [0, 0.1) is 10.1 Å². The molecule has 0 saturated heterocycles. The first-order valence-corrected chi connectivity index (χ1v) is 7.04. The Morgan fingerprint density at radius 3 is 2.57 bits per heavy atom. The van der Waals surface area contributed by atoms with Crippen LogP contribution >= 0.6 is 11.8 Å². The fourth-order valence-corrected chi connectivity index (χ4v) is 2.48. The van der Waals surface area contributed by atoms with Crippen molar-refractivity contribution in [2.45, 2.75) is 18.6 Å². The van der Waals surface area contributed by atoms with Crippen LogP contribution in [0.5, 0.6) is 0 Å². The molecule has 0 radical (unpaired) electrons. The fourth-order valence-electron chi connectivity index (χ4n) is 1.75. The molecule has 0 aliphatic rings. The Morgan fingerprint density at radius 1 is 1.38 bits per heavy atom. The highest BCUT2D eigenvalue weighted by molar-refractivity contribution is 7.99. The van der Waals surface area contributed by atoms with Gasteiger partial charge in [0.15, 0.2) is 11.0 Å². The van der Waals surface area contributed by atoms with Crippen molar-refractivity contribution < 1.29 is 14.8 Å². The summed E-state index contributed by atoms with van der Waals surface area (Å²) in [5.74, 6) is -0.471. The number of aromatic nitrogens is 3. The van der Waals surface area contributed by atoms with Crippen LogP contribution in [0.2, 0.25) is 0 Å². The summed E-state index contributed by atoms with van der Waals surface area (Å²) in [4.78, 5) is 20.8. The maximum absolute atomic E-state index is 10.6. The van der Waals surface area contributed by atoms with Crippen LogP contribution in [0.25, 0.3) is 11.4 Å². The van der Waals surface area contributed by atoms with Crippen LogP contribution in [0.15, 0.2) is 29.4 Å². The van der Waals surface area contributed by atoms with Crippen LogP contribution in [0.4, 0.5) is 5.69 Å². The number of benzene rings is 1. The minimum atomic E-state index is -0.928. The molecular weight excluding hydrogens is 296 g/mol. The molecule has 0 atom stereocenters. The molecule has 0 aliphatic heterocycles. The van der Waals surface area contributed by atoms with Crippen LogP contribution < -0.4 is 0 Å². The number of carbonyl (C=O) groups is 1. The quantitative estimate of drug-likeness (QED) is 0.494. The number of aliphatic carboxylic acids is 1. The van der Waals surface area contributed by atoms with Gasteiger partial charge in [-0.1, -0.05) is 11.8 Å². The molecule has 0 fully saturated rings. The summed E-state index contributed by atoms with van der Waals surface area (Å²) in [5.41, 5.74) is 0.693. The Bertz CT molecular complexity index is 668. The van der Waals surface area contributed by atoms with Gasteiger partial charge in [-0.3, -0.25) is 14.9 Å². The van der Waals surface area contributed by atoms with Crippen LogP contribution in [0.1, 0.15) is 6.92 Å². The molecule has 2 rings (SSSR count). The minimum absolute atomic E-state index is 0.00166. The topological polar surface area (TPSA) is 111 Å². The SMILES string of the molecule is CCn1c(SCC(=O)O)nnc1-c1ccc([N+](=O)[O-])cc1. The van der Waals surface area contributed by atoms with Gasteiger partial charge in [0.1, 0.15) is 0 Å². The average Bonchev–Trinajstić information content (AvgIpc) is 2.88. The van der Waals surface area contributed by atoms with E-state index in [9.17, 15) is 14.9 Å². The van der Waals surface area contributed by atoms with Gasteiger partial charge < -0.3 is 9.67 Å². The first-order valence-electron chi connectivity index (χ1n) is 6.05. The maximum atomic E-state index is 10.6. The summed E-state index contributed by atoms with van der Waals surface area (Å²) in [6.45, 7) is 2.46. The van der Waals surface area contributed by atoms with Crippen molar-refractivity contribution in [3.8, 4) is 11.4 Å². The summed E-state index contributed by atoms with van der Waals surface area (Å²) in [6, 6.07) is 5.99.